The first-order chi connectivity index (χ1) is 9.86. The van der Waals surface area contributed by atoms with Crippen LogP contribution in [0.3, 0.4) is 0 Å². The molecule has 2 N–H and O–H groups in total. The fourth-order valence-electron chi connectivity index (χ4n) is 2.40. The monoisotopic (exact) mass is 292 g/mol. The predicted octanol–water partition coefficient (Wildman–Crippen LogP) is 3.45. The summed E-state index contributed by atoms with van der Waals surface area (Å²) in [5, 5.41) is 0. The van der Waals surface area contributed by atoms with Gasteiger partial charge in [0.05, 0.1) is 12.1 Å². The molecule has 0 atom stereocenters. The maximum Gasteiger partial charge on any atom is 0.416 e. The first-order valence-corrected chi connectivity index (χ1v) is 6.24. The summed E-state index contributed by atoms with van der Waals surface area (Å²) in [7, 11) is 0. The first kappa shape index (κ1) is 13.5. The van der Waals surface area contributed by atoms with Gasteiger partial charge >= 0.3 is 6.18 Å². The van der Waals surface area contributed by atoms with Crippen LogP contribution in [0.4, 0.5) is 24.5 Å². The quantitative estimate of drug-likeness (QED) is 0.818. The molecule has 0 fully saturated rings. The topological polar surface area (TPSA) is 46.3 Å². The van der Waals surface area contributed by atoms with Gasteiger partial charge in [0, 0.05) is 16.9 Å². The first-order valence-electron chi connectivity index (χ1n) is 6.24. The highest BCUT2D eigenvalue weighted by Gasteiger charge is 2.33. The number of halogens is 3. The van der Waals surface area contributed by atoms with Crippen molar-refractivity contribution in [1.82, 2.24) is 0 Å². The maximum atomic E-state index is 12.7. The van der Waals surface area contributed by atoms with Gasteiger partial charge in [0.2, 0.25) is 0 Å². The zero-order valence-electron chi connectivity index (χ0n) is 10.8. The number of nitrogens with zero attached hydrogens (tertiary/aromatic N) is 1. The molecule has 6 heteroatoms. The van der Waals surface area contributed by atoms with Crippen LogP contribution < -0.4 is 10.6 Å². The van der Waals surface area contributed by atoms with Crippen molar-refractivity contribution in [1.29, 1.82) is 0 Å². The number of carbonyl (C=O) groups is 1. The lowest BCUT2D eigenvalue weighted by molar-refractivity contribution is -0.137. The molecule has 0 saturated carbocycles. The average Bonchev–Trinajstić information content (AvgIpc) is 2.74. The number of fused-ring (bicyclic) bond motifs is 1. The van der Waals surface area contributed by atoms with E-state index >= 15 is 0 Å². The second-order valence-corrected chi connectivity index (χ2v) is 4.86. The molecule has 0 radical (unpaired) electrons. The normalized spacial score (nSPS) is 14.4. The lowest BCUT2D eigenvalue weighted by Gasteiger charge is -2.17. The van der Waals surface area contributed by atoms with Crippen LogP contribution in [0.1, 0.15) is 21.5 Å². The van der Waals surface area contributed by atoms with Crippen LogP contribution >= 0.6 is 0 Å². The van der Waals surface area contributed by atoms with E-state index in [2.05, 4.69) is 0 Å². The fraction of sp³-hybridized carbons (Fsp3) is 0.133. The summed E-state index contributed by atoms with van der Waals surface area (Å²) in [4.78, 5) is 13.6. The summed E-state index contributed by atoms with van der Waals surface area (Å²) in [6, 6.07) is 9.61. The van der Waals surface area contributed by atoms with E-state index in [-0.39, 0.29) is 18.1 Å². The number of rotatable bonds is 1. The number of hydrogen-bond donors (Lipinski definition) is 1. The SMILES string of the molecule is Nc1ccc2c(c1)CN(c1cccc(C(F)(F)F)c1)C2=O. The molecule has 0 aromatic heterocycles. The third kappa shape index (κ3) is 2.33. The van der Waals surface area contributed by atoms with Gasteiger partial charge in [-0.2, -0.15) is 13.2 Å². The van der Waals surface area contributed by atoms with E-state index < -0.39 is 11.7 Å². The zero-order valence-corrected chi connectivity index (χ0v) is 10.8. The van der Waals surface area contributed by atoms with Crippen molar-refractivity contribution in [3.8, 4) is 0 Å². The van der Waals surface area contributed by atoms with Gasteiger partial charge in [0.25, 0.3) is 5.91 Å². The number of benzene rings is 2. The van der Waals surface area contributed by atoms with Gasteiger partial charge in [0.1, 0.15) is 0 Å². The van der Waals surface area contributed by atoms with Crippen LogP contribution in [-0.4, -0.2) is 5.91 Å². The summed E-state index contributed by atoms with van der Waals surface area (Å²) in [6.07, 6.45) is -4.43. The molecule has 1 aliphatic rings. The van der Waals surface area contributed by atoms with Gasteiger partial charge in [-0.15, -0.1) is 0 Å². The summed E-state index contributed by atoms with van der Waals surface area (Å²) >= 11 is 0. The third-order valence-electron chi connectivity index (χ3n) is 3.42. The molecule has 3 rings (SSSR count). The third-order valence-corrected chi connectivity index (χ3v) is 3.42. The summed E-state index contributed by atoms with van der Waals surface area (Å²) in [5.74, 6) is -0.315. The number of amides is 1. The Morgan fingerprint density at radius 3 is 2.57 bits per heavy atom. The minimum atomic E-state index is -4.43. The Hall–Kier alpha value is -2.50. The molecule has 0 bridgehead atoms. The molecule has 0 spiro atoms. The number of hydrogen-bond acceptors (Lipinski definition) is 2. The highest BCUT2D eigenvalue weighted by Crippen LogP contribution is 2.34. The van der Waals surface area contributed by atoms with E-state index in [9.17, 15) is 18.0 Å². The van der Waals surface area contributed by atoms with Crippen molar-refractivity contribution in [3.63, 3.8) is 0 Å². The molecular weight excluding hydrogens is 281 g/mol. The van der Waals surface area contributed by atoms with E-state index in [0.717, 1.165) is 17.7 Å². The van der Waals surface area contributed by atoms with Crippen LogP contribution in [0.5, 0.6) is 0 Å². The standard InChI is InChI=1S/C15H11F3N2O/c16-15(17,18)10-2-1-3-12(7-10)20-8-9-6-11(19)4-5-13(9)14(20)21/h1-7H,8,19H2. The Balaban J connectivity index is 1.99. The Morgan fingerprint density at radius 2 is 1.86 bits per heavy atom. The van der Waals surface area contributed by atoms with Crippen molar-refractivity contribution in [2.24, 2.45) is 0 Å². The number of carbonyl (C=O) groups excluding carboxylic acids is 1. The van der Waals surface area contributed by atoms with Crippen LogP contribution in [-0.2, 0) is 12.7 Å². The molecule has 2 aromatic rings. The second-order valence-electron chi connectivity index (χ2n) is 4.86. The van der Waals surface area contributed by atoms with Gasteiger partial charge in [-0.25, -0.2) is 0 Å². The van der Waals surface area contributed by atoms with Gasteiger partial charge in [-0.3, -0.25) is 4.79 Å². The Bertz CT molecular complexity index is 725. The molecule has 1 aliphatic heterocycles. The van der Waals surface area contributed by atoms with E-state index in [4.69, 9.17) is 5.73 Å². The van der Waals surface area contributed by atoms with E-state index in [1.54, 1.807) is 18.2 Å². The highest BCUT2D eigenvalue weighted by atomic mass is 19.4. The number of alkyl halides is 3. The van der Waals surface area contributed by atoms with Crippen LogP contribution in [0.2, 0.25) is 0 Å². The number of nitrogen functional groups attached to an aromatic ring is 1. The van der Waals surface area contributed by atoms with Crippen LogP contribution in [0, 0.1) is 0 Å². The minimum Gasteiger partial charge on any atom is -0.399 e. The number of nitrogens with two attached hydrogens (primary N) is 1. The smallest absolute Gasteiger partial charge is 0.399 e. The van der Waals surface area contributed by atoms with Crippen molar-refractivity contribution in [3.05, 3.63) is 59.2 Å². The number of anilines is 2. The van der Waals surface area contributed by atoms with Crippen LogP contribution in [0.15, 0.2) is 42.5 Å². The largest absolute Gasteiger partial charge is 0.416 e. The summed E-state index contributed by atoms with van der Waals surface area (Å²) < 4.78 is 38.2. The Kier molecular flexibility index (Phi) is 2.90. The fourth-order valence-corrected chi connectivity index (χ4v) is 2.40. The Labute approximate surface area is 118 Å². The molecule has 0 saturated heterocycles. The van der Waals surface area contributed by atoms with Crippen LogP contribution in [0.25, 0.3) is 0 Å². The average molecular weight is 292 g/mol. The van der Waals surface area contributed by atoms with Crippen molar-refractivity contribution >= 4 is 17.3 Å². The molecule has 3 nitrogen and oxygen atoms in total. The molecular formula is C15H11F3N2O. The van der Waals surface area contributed by atoms with Gasteiger partial charge in [-0.1, -0.05) is 6.07 Å². The molecule has 108 valence electrons. The zero-order chi connectivity index (χ0) is 15.2. The highest BCUT2D eigenvalue weighted by molar-refractivity contribution is 6.10. The molecule has 21 heavy (non-hydrogen) atoms. The predicted molar refractivity (Wildman–Crippen MR) is 72.8 cm³/mol. The maximum absolute atomic E-state index is 12.7. The van der Waals surface area contributed by atoms with Gasteiger partial charge < -0.3 is 10.6 Å². The lowest BCUT2D eigenvalue weighted by atomic mass is 10.1. The second kappa shape index (κ2) is 4.51. The molecule has 1 heterocycles. The summed E-state index contributed by atoms with van der Waals surface area (Å²) in [6.45, 7) is 0.223. The Morgan fingerprint density at radius 1 is 1.10 bits per heavy atom. The van der Waals surface area contributed by atoms with E-state index in [0.29, 0.717) is 11.3 Å². The van der Waals surface area contributed by atoms with Gasteiger partial charge in [-0.05, 0) is 42.0 Å². The lowest BCUT2D eigenvalue weighted by Crippen LogP contribution is -2.23. The van der Waals surface area contributed by atoms with E-state index in [1.807, 2.05) is 0 Å². The van der Waals surface area contributed by atoms with Crippen molar-refractivity contribution in [2.75, 3.05) is 10.6 Å². The van der Waals surface area contributed by atoms with Crippen molar-refractivity contribution in [2.45, 2.75) is 12.7 Å². The minimum absolute atomic E-state index is 0.223. The molecule has 2 aromatic carbocycles. The molecule has 0 aliphatic carbocycles. The van der Waals surface area contributed by atoms with Crippen molar-refractivity contribution < 1.29 is 18.0 Å². The van der Waals surface area contributed by atoms with E-state index in [1.165, 1.54) is 17.0 Å². The molecule has 1 amide bonds. The summed E-state index contributed by atoms with van der Waals surface area (Å²) in [5.41, 5.74) is 6.83. The molecule has 0 unspecified atom stereocenters. The van der Waals surface area contributed by atoms with Gasteiger partial charge in [0.15, 0.2) is 0 Å².